The molecule has 2 amide bonds. The van der Waals surface area contributed by atoms with Gasteiger partial charge in [-0.15, -0.1) is 0 Å². The second-order valence-corrected chi connectivity index (χ2v) is 8.43. The van der Waals surface area contributed by atoms with Crippen LogP contribution in [0.25, 0.3) is 0 Å². The Hall–Kier alpha value is -3.44. The second-order valence-electron chi connectivity index (χ2n) is 8.43. The average molecular weight is 441 g/mol. The van der Waals surface area contributed by atoms with Gasteiger partial charge in [-0.2, -0.15) is 0 Å². The number of hydrogen-bond donors (Lipinski definition) is 7. The van der Waals surface area contributed by atoms with Crippen LogP contribution >= 0.6 is 0 Å². The Morgan fingerprint density at radius 3 is 2.53 bits per heavy atom. The summed E-state index contributed by atoms with van der Waals surface area (Å²) in [7, 11) is 1.63. The Balaban J connectivity index is 1.48. The molecule has 2 fully saturated rings. The molecular weight excluding hydrogens is 412 g/mol. The summed E-state index contributed by atoms with van der Waals surface area (Å²) in [5.41, 5.74) is 11.6. The van der Waals surface area contributed by atoms with Crippen molar-refractivity contribution in [3.05, 3.63) is 35.5 Å². The largest absolute Gasteiger partial charge is 0.398 e. The lowest BCUT2D eigenvalue weighted by Crippen LogP contribution is -2.60. The van der Waals surface area contributed by atoms with E-state index in [0.29, 0.717) is 42.4 Å². The van der Waals surface area contributed by atoms with E-state index in [4.69, 9.17) is 11.5 Å². The summed E-state index contributed by atoms with van der Waals surface area (Å²) in [6.07, 6.45) is 4.86. The second kappa shape index (κ2) is 8.60. The van der Waals surface area contributed by atoms with Crippen molar-refractivity contribution in [2.45, 2.75) is 43.3 Å². The first-order valence-corrected chi connectivity index (χ1v) is 10.5. The summed E-state index contributed by atoms with van der Waals surface area (Å²) >= 11 is 0. The van der Waals surface area contributed by atoms with Gasteiger partial charge < -0.3 is 37.8 Å². The number of aromatic nitrogens is 2. The minimum atomic E-state index is -0.660. The maximum absolute atomic E-state index is 12.9. The average Bonchev–Trinajstić information content (AvgIpc) is 3.11. The minimum absolute atomic E-state index is 0.124. The number of fused-ring (bicyclic) bond motifs is 2. The van der Waals surface area contributed by atoms with E-state index in [9.17, 15) is 14.7 Å². The molecule has 2 aliphatic heterocycles. The van der Waals surface area contributed by atoms with Crippen molar-refractivity contribution in [2.75, 3.05) is 30.0 Å². The molecule has 170 valence electrons. The lowest BCUT2D eigenvalue weighted by Gasteiger charge is -2.40. The van der Waals surface area contributed by atoms with E-state index < -0.39 is 11.4 Å². The van der Waals surface area contributed by atoms with Crippen LogP contribution < -0.4 is 32.7 Å². The standard InChI is InChI=1S/C21H28N8O3/c1-24-19-13(18(23)31)4-5-16(28-19)27-17-6-15(22)14(9-25-17)20(32)29-21(10-30)7-11-2-3-12(8-21)26-11/h4-6,9,11-12,26,30H,2-3,7-8,10H2,1H3,(H2,23,31)(H,29,32)(H4,22,24,25,27,28). The van der Waals surface area contributed by atoms with Crippen LogP contribution in [0.15, 0.2) is 24.4 Å². The molecule has 2 aromatic heterocycles. The van der Waals surface area contributed by atoms with Crippen molar-refractivity contribution in [3.8, 4) is 0 Å². The molecule has 2 unspecified atom stereocenters. The Labute approximate surface area is 185 Å². The molecule has 11 nitrogen and oxygen atoms in total. The lowest BCUT2D eigenvalue weighted by molar-refractivity contribution is 0.0722. The number of pyridine rings is 2. The van der Waals surface area contributed by atoms with E-state index >= 15 is 0 Å². The first-order chi connectivity index (χ1) is 15.3. The zero-order chi connectivity index (χ0) is 22.9. The maximum Gasteiger partial charge on any atom is 0.255 e. The van der Waals surface area contributed by atoms with Crippen LogP contribution in [0, 0.1) is 0 Å². The number of rotatable bonds is 7. The quantitative estimate of drug-likeness (QED) is 0.319. The zero-order valence-corrected chi connectivity index (χ0v) is 17.8. The Morgan fingerprint density at radius 1 is 1.22 bits per heavy atom. The van der Waals surface area contributed by atoms with Crippen LogP contribution in [0.2, 0.25) is 0 Å². The number of nitrogen functional groups attached to an aromatic ring is 1. The molecule has 2 aromatic rings. The van der Waals surface area contributed by atoms with Crippen LogP contribution in [0.4, 0.5) is 23.1 Å². The highest BCUT2D eigenvalue weighted by atomic mass is 16.3. The van der Waals surface area contributed by atoms with Gasteiger partial charge in [-0.3, -0.25) is 9.59 Å². The monoisotopic (exact) mass is 440 g/mol. The Morgan fingerprint density at radius 2 is 1.94 bits per heavy atom. The highest BCUT2D eigenvalue weighted by molar-refractivity contribution is 6.00. The van der Waals surface area contributed by atoms with Gasteiger partial charge in [-0.1, -0.05) is 0 Å². The van der Waals surface area contributed by atoms with Gasteiger partial charge >= 0.3 is 0 Å². The molecule has 0 radical (unpaired) electrons. The van der Waals surface area contributed by atoms with Crippen LogP contribution in [0.1, 0.15) is 46.4 Å². The van der Waals surface area contributed by atoms with Crippen LogP contribution in [0.5, 0.6) is 0 Å². The predicted octanol–water partition coefficient (Wildman–Crippen LogP) is 0.318. The van der Waals surface area contributed by atoms with Crippen molar-refractivity contribution in [1.29, 1.82) is 0 Å². The number of nitrogens with zero attached hydrogens (tertiary/aromatic N) is 2. The molecule has 0 saturated carbocycles. The maximum atomic E-state index is 12.9. The SMILES string of the molecule is CNc1nc(Nc2cc(N)c(C(=O)NC3(CO)CC4CCC(C3)N4)cn2)ccc1C(N)=O. The van der Waals surface area contributed by atoms with E-state index in [1.54, 1.807) is 19.2 Å². The van der Waals surface area contributed by atoms with E-state index in [1.165, 1.54) is 12.3 Å². The summed E-state index contributed by atoms with van der Waals surface area (Å²) in [4.78, 5) is 33.0. The van der Waals surface area contributed by atoms with Crippen molar-refractivity contribution in [3.63, 3.8) is 0 Å². The fourth-order valence-corrected chi connectivity index (χ4v) is 4.61. The molecule has 9 N–H and O–H groups in total. The molecule has 0 spiro atoms. The number of primary amides is 1. The minimum Gasteiger partial charge on any atom is -0.398 e. The number of amides is 2. The molecule has 4 rings (SSSR count). The highest BCUT2D eigenvalue weighted by Gasteiger charge is 2.44. The van der Waals surface area contributed by atoms with Crippen LogP contribution in [-0.4, -0.2) is 58.2 Å². The molecule has 2 aliphatic rings. The predicted molar refractivity (Wildman–Crippen MR) is 121 cm³/mol. The number of aliphatic hydroxyl groups excluding tert-OH is 1. The molecule has 0 aliphatic carbocycles. The summed E-state index contributed by atoms with van der Waals surface area (Å²) in [5.74, 6) is 0.189. The number of hydrogen-bond acceptors (Lipinski definition) is 9. The van der Waals surface area contributed by atoms with E-state index in [-0.39, 0.29) is 29.3 Å². The number of nitrogens with one attached hydrogen (secondary N) is 4. The fraction of sp³-hybridized carbons (Fsp3) is 0.429. The van der Waals surface area contributed by atoms with E-state index in [1.807, 2.05) is 0 Å². The smallest absolute Gasteiger partial charge is 0.255 e. The molecule has 2 saturated heterocycles. The van der Waals surface area contributed by atoms with Crippen molar-refractivity contribution in [2.24, 2.45) is 5.73 Å². The molecule has 11 heteroatoms. The number of anilines is 4. The third-order valence-electron chi connectivity index (χ3n) is 6.12. The van der Waals surface area contributed by atoms with E-state index in [2.05, 4.69) is 31.2 Å². The summed E-state index contributed by atoms with van der Waals surface area (Å²) in [6.45, 7) is -0.124. The Bertz CT molecular complexity index is 1030. The van der Waals surface area contributed by atoms with Gasteiger partial charge in [0.05, 0.1) is 23.3 Å². The van der Waals surface area contributed by atoms with Crippen molar-refractivity contribution < 1.29 is 14.7 Å². The van der Waals surface area contributed by atoms with Crippen molar-refractivity contribution >= 4 is 35.0 Å². The highest BCUT2D eigenvalue weighted by Crippen LogP contribution is 2.34. The molecule has 2 bridgehead atoms. The molecular formula is C21H28N8O3. The van der Waals surface area contributed by atoms with Crippen LogP contribution in [0.3, 0.4) is 0 Å². The van der Waals surface area contributed by atoms with Crippen molar-refractivity contribution in [1.82, 2.24) is 20.6 Å². The topological polar surface area (TPSA) is 180 Å². The van der Waals surface area contributed by atoms with Gasteiger partial charge in [0.15, 0.2) is 0 Å². The summed E-state index contributed by atoms with van der Waals surface area (Å²) < 4.78 is 0. The molecule has 4 heterocycles. The number of aliphatic hydroxyl groups is 1. The van der Waals surface area contributed by atoms with E-state index in [0.717, 1.165) is 12.8 Å². The van der Waals surface area contributed by atoms with Gasteiger partial charge in [-0.05, 0) is 37.8 Å². The molecule has 32 heavy (non-hydrogen) atoms. The fourth-order valence-electron chi connectivity index (χ4n) is 4.61. The van der Waals surface area contributed by atoms with Gasteiger partial charge in [-0.25, -0.2) is 9.97 Å². The molecule has 0 aromatic carbocycles. The third kappa shape index (κ3) is 4.30. The first-order valence-electron chi connectivity index (χ1n) is 10.5. The number of carbonyl (C=O) groups excluding carboxylic acids is 2. The third-order valence-corrected chi connectivity index (χ3v) is 6.12. The van der Waals surface area contributed by atoms with Gasteiger partial charge in [0.2, 0.25) is 0 Å². The normalized spacial score (nSPS) is 24.1. The summed E-state index contributed by atoms with van der Waals surface area (Å²) in [6, 6.07) is 5.29. The summed E-state index contributed by atoms with van der Waals surface area (Å²) in [5, 5.41) is 22.4. The number of piperidine rings is 1. The first kappa shape index (κ1) is 21.8. The number of carbonyl (C=O) groups is 2. The van der Waals surface area contributed by atoms with Crippen LogP contribution in [-0.2, 0) is 0 Å². The molecule has 2 atom stereocenters. The van der Waals surface area contributed by atoms with Gasteiger partial charge in [0.25, 0.3) is 11.8 Å². The Kier molecular flexibility index (Phi) is 5.85. The zero-order valence-electron chi connectivity index (χ0n) is 17.8. The lowest BCUT2D eigenvalue weighted by atomic mass is 9.84. The van der Waals surface area contributed by atoms with Gasteiger partial charge in [0, 0.05) is 37.1 Å². The number of nitrogens with two attached hydrogens (primary N) is 2. The van der Waals surface area contributed by atoms with Gasteiger partial charge in [0.1, 0.15) is 17.5 Å².